The quantitative estimate of drug-likeness (QED) is 0.925. The van der Waals surface area contributed by atoms with Crippen molar-refractivity contribution in [1.82, 2.24) is 15.0 Å². The SMILES string of the molecule is Cn1nnc(Br)c1C(N)c1c(F)cccc1Cl. The number of aromatic nitrogens is 3. The van der Waals surface area contributed by atoms with Crippen molar-refractivity contribution in [2.24, 2.45) is 12.8 Å². The first-order chi connectivity index (χ1) is 8.02. The summed E-state index contributed by atoms with van der Waals surface area (Å²) in [5, 5.41) is 7.89. The van der Waals surface area contributed by atoms with E-state index in [1.165, 1.54) is 16.8 Å². The highest BCUT2D eigenvalue weighted by Crippen LogP contribution is 2.31. The van der Waals surface area contributed by atoms with Crippen LogP contribution in [0.25, 0.3) is 0 Å². The Morgan fingerprint density at radius 3 is 2.76 bits per heavy atom. The molecule has 1 unspecified atom stereocenters. The van der Waals surface area contributed by atoms with Gasteiger partial charge in [-0.3, -0.25) is 0 Å². The Bertz CT molecular complexity index is 517. The van der Waals surface area contributed by atoms with E-state index < -0.39 is 11.9 Å². The number of nitrogens with two attached hydrogens (primary N) is 1. The van der Waals surface area contributed by atoms with Crippen molar-refractivity contribution < 1.29 is 4.39 Å². The van der Waals surface area contributed by atoms with E-state index in [0.717, 1.165) is 0 Å². The average Bonchev–Trinajstić information content (AvgIpc) is 2.58. The fourth-order valence-electron chi connectivity index (χ4n) is 1.61. The van der Waals surface area contributed by atoms with Crippen LogP contribution in [-0.2, 0) is 7.05 Å². The lowest BCUT2D eigenvalue weighted by molar-refractivity contribution is 0.584. The van der Waals surface area contributed by atoms with Gasteiger partial charge in [-0.25, -0.2) is 9.07 Å². The molecular weight excluding hydrogens is 310 g/mol. The maximum absolute atomic E-state index is 13.7. The van der Waals surface area contributed by atoms with E-state index in [1.54, 1.807) is 13.1 Å². The van der Waals surface area contributed by atoms with Crippen LogP contribution in [0.3, 0.4) is 0 Å². The van der Waals surface area contributed by atoms with E-state index in [2.05, 4.69) is 26.2 Å². The smallest absolute Gasteiger partial charge is 0.153 e. The molecule has 17 heavy (non-hydrogen) atoms. The van der Waals surface area contributed by atoms with E-state index >= 15 is 0 Å². The van der Waals surface area contributed by atoms with Gasteiger partial charge in [0.15, 0.2) is 4.60 Å². The Morgan fingerprint density at radius 2 is 2.24 bits per heavy atom. The van der Waals surface area contributed by atoms with E-state index in [4.69, 9.17) is 17.3 Å². The molecule has 0 aliphatic heterocycles. The minimum Gasteiger partial charge on any atom is -0.319 e. The summed E-state index contributed by atoms with van der Waals surface area (Å²) < 4.78 is 15.7. The Morgan fingerprint density at radius 1 is 1.53 bits per heavy atom. The zero-order chi connectivity index (χ0) is 12.6. The lowest BCUT2D eigenvalue weighted by Crippen LogP contribution is -2.18. The Balaban J connectivity index is 2.55. The zero-order valence-electron chi connectivity index (χ0n) is 8.86. The van der Waals surface area contributed by atoms with Crippen LogP contribution in [-0.4, -0.2) is 15.0 Å². The largest absolute Gasteiger partial charge is 0.319 e. The molecule has 90 valence electrons. The monoisotopic (exact) mass is 318 g/mol. The van der Waals surface area contributed by atoms with Gasteiger partial charge in [0.2, 0.25) is 0 Å². The molecule has 0 aliphatic carbocycles. The highest BCUT2D eigenvalue weighted by molar-refractivity contribution is 9.10. The molecule has 2 aromatic rings. The normalized spacial score (nSPS) is 12.8. The number of aryl methyl sites for hydroxylation is 1. The average molecular weight is 320 g/mol. The van der Waals surface area contributed by atoms with Gasteiger partial charge >= 0.3 is 0 Å². The number of halogens is 3. The maximum Gasteiger partial charge on any atom is 0.153 e. The lowest BCUT2D eigenvalue weighted by Gasteiger charge is -2.14. The summed E-state index contributed by atoms with van der Waals surface area (Å²) in [6.45, 7) is 0. The van der Waals surface area contributed by atoms with Crippen LogP contribution in [0.5, 0.6) is 0 Å². The molecule has 0 saturated heterocycles. The fourth-order valence-corrected chi connectivity index (χ4v) is 2.47. The summed E-state index contributed by atoms with van der Waals surface area (Å²) in [6.07, 6.45) is 0. The Labute approximate surface area is 111 Å². The van der Waals surface area contributed by atoms with Gasteiger partial charge in [-0.05, 0) is 28.1 Å². The molecule has 0 saturated carbocycles. The van der Waals surface area contributed by atoms with Gasteiger partial charge in [-0.1, -0.05) is 22.9 Å². The second-order valence-electron chi connectivity index (χ2n) is 3.50. The van der Waals surface area contributed by atoms with Crippen molar-refractivity contribution in [2.75, 3.05) is 0 Å². The van der Waals surface area contributed by atoms with Gasteiger partial charge in [0, 0.05) is 17.6 Å². The van der Waals surface area contributed by atoms with Gasteiger partial charge in [-0.2, -0.15) is 0 Å². The number of benzene rings is 1. The summed E-state index contributed by atoms with van der Waals surface area (Å²) in [5.74, 6) is -0.446. The van der Waals surface area contributed by atoms with Crippen LogP contribution < -0.4 is 5.73 Å². The van der Waals surface area contributed by atoms with E-state index in [-0.39, 0.29) is 10.6 Å². The topological polar surface area (TPSA) is 56.7 Å². The minimum absolute atomic E-state index is 0.236. The van der Waals surface area contributed by atoms with Crippen LogP contribution >= 0.6 is 27.5 Å². The molecule has 2 rings (SSSR count). The Hall–Kier alpha value is -0.980. The molecule has 0 bridgehead atoms. The Kier molecular flexibility index (Phi) is 3.46. The molecule has 7 heteroatoms. The van der Waals surface area contributed by atoms with Gasteiger partial charge in [-0.15, -0.1) is 5.10 Å². The molecule has 1 aromatic carbocycles. The van der Waals surface area contributed by atoms with Crippen molar-refractivity contribution in [3.8, 4) is 0 Å². The minimum atomic E-state index is -0.724. The van der Waals surface area contributed by atoms with Gasteiger partial charge in [0.05, 0.1) is 11.7 Å². The third-order valence-corrected chi connectivity index (χ3v) is 3.33. The summed E-state index contributed by atoms with van der Waals surface area (Å²) in [6, 6.07) is 3.72. The van der Waals surface area contributed by atoms with Gasteiger partial charge < -0.3 is 5.73 Å². The predicted octanol–water partition coefficient (Wildman–Crippen LogP) is 2.42. The number of hydrogen-bond acceptors (Lipinski definition) is 3. The highest BCUT2D eigenvalue weighted by Gasteiger charge is 2.23. The molecule has 0 fully saturated rings. The number of nitrogens with zero attached hydrogens (tertiary/aromatic N) is 3. The third-order valence-electron chi connectivity index (χ3n) is 2.43. The van der Waals surface area contributed by atoms with E-state index in [9.17, 15) is 4.39 Å². The molecule has 1 aromatic heterocycles. The molecule has 0 spiro atoms. The summed E-state index contributed by atoms with van der Waals surface area (Å²) in [7, 11) is 1.68. The van der Waals surface area contributed by atoms with Crippen molar-refractivity contribution in [3.63, 3.8) is 0 Å². The fraction of sp³-hybridized carbons (Fsp3) is 0.200. The summed E-state index contributed by atoms with van der Waals surface area (Å²) in [4.78, 5) is 0. The molecule has 4 nitrogen and oxygen atoms in total. The zero-order valence-corrected chi connectivity index (χ0v) is 11.2. The van der Waals surface area contributed by atoms with Gasteiger partial charge in [0.25, 0.3) is 0 Å². The third kappa shape index (κ3) is 2.20. The van der Waals surface area contributed by atoms with Crippen molar-refractivity contribution in [2.45, 2.75) is 6.04 Å². The molecule has 2 N–H and O–H groups in total. The van der Waals surface area contributed by atoms with Crippen LogP contribution in [0.15, 0.2) is 22.8 Å². The van der Waals surface area contributed by atoms with Crippen molar-refractivity contribution in [3.05, 3.63) is 44.9 Å². The second-order valence-corrected chi connectivity index (χ2v) is 4.66. The van der Waals surface area contributed by atoms with Crippen LogP contribution in [0.4, 0.5) is 4.39 Å². The molecule has 0 aliphatic rings. The number of rotatable bonds is 2. The lowest BCUT2D eigenvalue weighted by atomic mass is 10.0. The summed E-state index contributed by atoms with van der Waals surface area (Å²) in [5.41, 5.74) is 6.81. The standard InChI is InChI=1S/C10H9BrClFN4/c1-17-9(10(11)15-16-17)8(14)7-5(12)3-2-4-6(7)13/h2-4,8H,14H2,1H3. The molecular formula is C10H9BrClFN4. The molecule has 1 heterocycles. The van der Waals surface area contributed by atoms with Crippen molar-refractivity contribution >= 4 is 27.5 Å². The molecule has 1 atom stereocenters. The second kappa shape index (κ2) is 4.72. The first kappa shape index (κ1) is 12.5. The summed E-state index contributed by atoms with van der Waals surface area (Å²) >= 11 is 9.18. The van der Waals surface area contributed by atoms with Crippen LogP contribution in [0.1, 0.15) is 17.3 Å². The maximum atomic E-state index is 13.7. The molecule has 0 amide bonds. The predicted molar refractivity (Wildman–Crippen MR) is 66.1 cm³/mol. The first-order valence-corrected chi connectivity index (χ1v) is 5.94. The van der Waals surface area contributed by atoms with Crippen LogP contribution in [0, 0.1) is 5.82 Å². The molecule has 0 radical (unpaired) electrons. The van der Waals surface area contributed by atoms with Crippen molar-refractivity contribution in [1.29, 1.82) is 0 Å². The van der Waals surface area contributed by atoms with Crippen LogP contribution in [0.2, 0.25) is 5.02 Å². The first-order valence-electron chi connectivity index (χ1n) is 4.77. The van der Waals surface area contributed by atoms with E-state index in [1.807, 2.05) is 0 Å². The van der Waals surface area contributed by atoms with E-state index in [0.29, 0.717) is 10.3 Å². The number of hydrogen-bond donors (Lipinski definition) is 1. The van der Waals surface area contributed by atoms with Gasteiger partial charge in [0.1, 0.15) is 5.82 Å². The highest BCUT2D eigenvalue weighted by atomic mass is 79.9.